The number of hydrogen-bond donors (Lipinski definition) is 0. The number of amides is 1. The lowest BCUT2D eigenvalue weighted by Gasteiger charge is -2.30. The Balaban J connectivity index is 1.67. The summed E-state index contributed by atoms with van der Waals surface area (Å²) in [4.78, 5) is 32.5. The Labute approximate surface area is 180 Å². The van der Waals surface area contributed by atoms with Crippen molar-refractivity contribution in [1.82, 2.24) is 24.8 Å². The molecule has 1 amide bonds. The van der Waals surface area contributed by atoms with Crippen LogP contribution < -0.4 is 4.74 Å². The van der Waals surface area contributed by atoms with Crippen LogP contribution in [-0.2, 0) is 13.0 Å². The lowest BCUT2D eigenvalue weighted by atomic mass is 10.0. The van der Waals surface area contributed by atoms with Crippen molar-refractivity contribution in [3.8, 4) is 17.3 Å². The molecule has 0 saturated carbocycles. The highest BCUT2D eigenvalue weighted by atomic mass is 35.5. The molecular formula is C22H22ClN5O2. The van der Waals surface area contributed by atoms with Crippen LogP contribution in [-0.4, -0.2) is 43.4 Å². The van der Waals surface area contributed by atoms with Gasteiger partial charge in [0.2, 0.25) is 5.88 Å². The van der Waals surface area contributed by atoms with E-state index in [-0.39, 0.29) is 12.0 Å². The number of halogens is 1. The highest BCUT2D eigenvalue weighted by Crippen LogP contribution is 2.30. The number of pyridine rings is 2. The number of carbonyl (C=O) groups excluding carboxylic acids is 1. The average Bonchev–Trinajstić information content (AvgIpc) is 2.73. The van der Waals surface area contributed by atoms with E-state index in [1.807, 2.05) is 32.9 Å². The minimum atomic E-state index is -0.0624. The van der Waals surface area contributed by atoms with E-state index in [0.717, 1.165) is 22.5 Å². The first kappa shape index (κ1) is 20.2. The molecule has 0 fully saturated rings. The van der Waals surface area contributed by atoms with E-state index in [0.29, 0.717) is 41.9 Å². The fourth-order valence-corrected chi connectivity index (χ4v) is 3.40. The van der Waals surface area contributed by atoms with E-state index in [1.54, 1.807) is 29.4 Å². The summed E-state index contributed by atoms with van der Waals surface area (Å²) in [5, 5.41) is 0.412. The van der Waals surface area contributed by atoms with Gasteiger partial charge in [0.05, 0.1) is 29.5 Å². The van der Waals surface area contributed by atoms with Gasteiger partial charge in [-0.1, -0.05) is 11.6 Å². The zero-order chi connectivity index (χ0) is 21.3. The minimum Gasteiger partial charge on any atom is -0.475 e. The Bertz CT molecular complexity index is 1070. The van der Waals surface area contributed by atoms with Gasteiger partial charge in [-0.15, -0.1) is 0 Å². The first-order valence-corrected chi connectivity index (χ1v) is 10.2. The average molecular weight is 424 g/mol. The molecule has 0 saturated heterocycles. The van der Waals surface area contributed by atoms with E-state index in [9.17, 15) is 4.79 Å². The molecule has 1 aliphatic rings. The summed E-state index contributed by atoms with van der Waals surface area (Å²) >= 11 is 5.90. The maximum Gasteiger partial charge on any atom is 0.255 e. The summed E-state index contributed by atoms with van der Waals surface area (Å²) < 4.78 is 6.00. The first-order valence-electron chi connectivity index (χ1n) is 9.81. The zero-order valence-electron chi connectivity index (χ0n) is 17.1. The molecule has 0 aliphatic carbocycles. The molecule has 4 heterocycles. The molecule has 0 aromatic carbocycles. The van der Waals surface area contributed by atoms with Gasteiger partial charge in [-0.3, -0.25) is 9.78 Å². The van der Waals surface area contributed by atoms with Crippen LogP contribution in [0.2, 0.25) is 5.15 Å². The molecule has 0 bridgehead atoms. The second kappa shape index (κ2) is 8.36. The van der Waals surface area contributed by atoms with Gasteiger partial charge in [-0.25, -0.2) is 9.97 Å². The summed E-state index contributed by atoms with van der Waals surface area (Å²) in [6.45, 7) is 6.74. The van der Waals surface area contributed by atoms with Crippen molar-refractivity contribution in [1.29, 1.82) is 0 Å². The molecule has 3 aromatic rings. The predicted molar refractivity (Wildman–Crippen MR) is 113 cm³/mol. The normalized spacial score (nSPS) is 13.3. The first-order chi connectivity index (χ1) is 14.4. The molecule has 7 nitrogen and oxygen atoms in total. The van der Waals surface area contributed by atoms with Crippen LogP contribution in [0.4, 0.5) is 0 Å². The lowest BCUT2D eigenvalue weighted by Crippen LogP contribution is -2.37. The molecule has 0 spiro atoms. The largest absolute Gasteiger partial charge is 0.475 e. The summed E-state index contributed by atoms with van der Waals surface area (Å²) in [5.41, 5.74) is 3.94. The van der Waals surface area contributed by atoms with Gasteiger partial charge in [0.25, 0.3) is 5.91 Å². The van der Waals surface area contributed by atoms with Crippen LogP contribution in [0.15, 0.2) is 36.7 Å². The maximum absolute atomic E-state index is 13.0. The van der Waals surface area contributed by atoms with Crippen molar-refractivity contribution >= 4 is 17.5 Å². The van der Waals surface area contributed by atoms with E-state index >= 15 is 0 Å². The monoisotopic (exact) mass is 423 g/mol. The summed E-state index contributed by atoms with van der Waals surface area (Å²) in [6.07, 6.45) is 3.82. The van der Waals surface area contributed by atoms with Gasteiger partial charge in [-0.2, -0.15) is 4.98 Å². The second-order valence-corrected chi connectivity index (χ2v) is 7.87. The standard InChI is InChI=1S/C22H22ClN5O2/c1-13(2)30-21-17-12-28(22(29)16-5-4-14(3)24-11-16)9-8-18(17)26-20(27-21)15-6-7-19(23)25-10-15/h4-7,10-11,13H,8-9,12H2,1-3H3. The summed E-state index contributed by atoms with van der Waals surface area (Å²) in [5.74, 6) is 0.977. The van der Waals surface area contributed by atoms with Crippen molar-refractivity contribution in [3.63, 3.8) is 0 Å². The smallest absolute Gasteiger partial charge is 0.255 e. The molecular weight excluding hydrogens is 402 g/mol. The molecule has 0 atom stereocenters. The van der Waals surface area contributed by atoms with Crippen molar-refractivity contribution in [3.05, 3.63) is 64.3 Å². The van der Waals surface area contributed by atoms with E-state index in [1.165, 1.54) is 0 Å². The van der Waals surface area contributed by atoms with E-state index in [2.05, 4.69) is 15.0 Å². The van der Waals surface area contributed by atoms with E-state index in [4.69, 9.17) is 21.3 Å². The fourth-order valence-electron chi connectivity index (χ4n) is 3.29. The summed E-state index contributed by atoms with van der Waals surface area (Å²) in [7, 11) is 0. The Morgan fingerprint density at radius 2 is 1.97 bits per heavy atom. The van der Waals surface area contributed by atoms with Crippen LogP contribution in [0, 0.1) is 6.92 Å². The molecule has 8 heteroatoms. The third-order valence-corrected chi connectivity index (χ3v) is 5.02. The number of fused-ring (bicyclic) bond motifs is 1. The Hall–Kier alpha value is -3.06. The van der Waals surface area contributed by atoms with Gasteiger partial charge in [0, 0.05) is 36.6 Å². The minimum absolute atomic E-state index is 0.0605. The Morgan fingerprint density at radius 1 is 1.13 bits per heavy atom. The van der Waals surface area contributed by atoms with Gasteiger partial charge in [0.15, 0.2) is 5.82 Å². The second-order valence-electron chi connectivity index (χ2n) is 7.48. The van der Waals surface area contributed by atoms with Crippen molar-refractivity contribution in [2.24, 2.45) is 0 Å². The maximum atomic E-state index is 13.0. The van der Waals surface area contributed by atoms with Gasteiger partial charge in [-0.05, 0) is 45.0 Å². The quantitative estimate of drug-likeness (QED) is 0.592. The predicted octanol–water partition coefficient (Wildman–Crippen LogP) is 3.88. The molecule has 1 aliphatic heterocycles. The summed E-state index contributed by atoms with van der Waals surface area (Å²) in [6, 6.07) is 7.19. The number of aryl methyl sites for hydroxylation is 1. The van der Waals surface area contributed by atoms with Gasteiger partial charge < -0.3 is 9.64 Å². The van der Waals surface area contributed by atoms with Crippen molar-refractivity contribution in [2.75, 3.05) is 6.54 Å². The van der Waals surface area contributed by atoms with Gasteiger partial charge >= 0.3 is 0 Å². The third kappa shape index (κ3) is 4.26. The van der Waals surface area contributed by atoms with Crippen LogP contribution >= 0.6 is 11.6 Å². The van der Waals surface area contributed by atoms with Crippen molar-refractivity contribution < 1.29 is 9.53 Å². The lowest BCUT2D eigenvalue weighted by molar-refractivity contribution is 0.0729. The van der Waals surface area contributed by atoms with Crippen LogP contribution in [0.3, 0.4) is 0 Å². The van der Waals surface area contributed by atoms with E-state index < -0.39 is 0 Å². The van der Waals surface area contributed by atoms with Gasteiger partial charge in [0.1, 0.15) is 5.15 Å². The highest BCUT2D eigenvalue weighted by Gasteiger charge is 2.27. The third-order valence-electron chi connectivity index (χ3n) is 4.80. The van der Waals surface area contributed by atoms with Crippen LogP contribution in [0.25, 0.3) is 11.4 Å². The molecule has 4 rings (SSSR count). The number of rotatable bonds is 4. The highest BCUT2D eigenvalue weighted by molar-refractivity contribution is 6.29. The number of carbonyl (C=O) groups is 1. The molecule has 0 unspecified atom stereocenters. The Kier molecular flexibility index (Phi) is 5.63. The molecule has 3 aromatic heterocycles. The fraction of sp³-hybridized carbons (Fsp3) is 0.318. The van der Waals surface area contributed by atoms with Crippen LogP contribution in [0.5, 0.6) is 5.88 Å². The molecule has 30 heavy (non-hydrogen) atoms. The topological polar surface area (TPSA) is 81.1 Å². The number of aromatic nitrogens is 4. The van der Waals surface area contributed by atoms with Crippen molar-refractivity contribution in [2.45, 2.75) is 39.8 Å². The SMILES string of the molecule is Cc1ccc(C(=O)N2CCc3nc(-c4ccc(Cl)nc4)nc(OC(C)C)c3C2)cn1. The number of hydrogen-bond acceptors (Lipinski definition) is 6. The molecule has 0 N–H and O–H groups in total. The molecule has 0 radical (unpaired) electrons. The molecule has 154 valence electrons. The Morgan fingerprint density at radius 3 is 2.63 bits per heavy atom. The zero-order valence-corrected chi connectivity index (χ0v) is 17.8. The number of nitrogens with zero attached hydrogens (tertiary/aromatic N) is 5. The van der Waals surface area contributed by atoms with Crippen LogP contribution in [0.1, 0.15) is 41.2 Å². The number of ether oxygens (including phenoxy) is 1.